The maximum absolute atomic E-state index is 6.16. The molecule has 18 heavy (non-hydrogen) atoms. The van der Waals surface area contributed by atoms with E-state index in [9.17, 15) is 0 Å². The summed E-state index contributed by atoms with van der Waals surface area (Å²) in [4.78, 5) is 2.51. The summed E-state index contributed by atoms with van der Waals surface area (Å²) < 4.78 is 0. The predicted octanol–water partition coefficient (Wildman–Crippen LogP) is 4.28. The lowest BCUT2D eigenvalue weighted by Crippen LogP contribution is -2.42. The van der Waals surface area contributed by atoms with Gasteiger partial charge in [-0.1, -0.05) is 23.2 Å². The topological polar surface area (TPSA) is 15.3 Å². The number of nitrogens with one attached hydrogen (secondary N) is 1. The summed E-state index contributed by atoms with van der Waals surface area (Å²) in [5.74, 6) is 0. The fourth-order valence-corrected chi connectivity index (χ4v) is 2.73. The van der Waals surface area contributed by atoms with Gasteiger partial charge in [0.2, 0.25) is 0 Å². The number of rotatable bonds is 3. The number of halogens is 2. The Kier molecular flexibility index (Phi) is 4.77. The summed E-state index contributed by atoms with van der Waals surface area (Å²) in [6, 6.07) is 6.70. The van der Waals surface area contributed by atoms with E-state index in [4.69, 9.17) is 23.2 Å². The number of likely N-dealkylation sites (tertiary alicyclic amines) is 1. The first-order valence-electron chi connectivity index (χ1n) is 6.52. The first-order chi connectivity index (χ1) is 8.56. The predicted molar refractivity (Wildman–Crippen MR) is 79.8 cm³/mol. The highest BCUT2D eigenvalue weighted by molar-refractivity contribution is 6.35. The zero-order chi connectivity index (χ0) is 13.1. The van der Waals surface area contributed by atoms with Crippen LogP contribution in [0.15, 0.2) is 18.2 Å². The molecule has 0 unspecified atom stereocenters. The van der Waals surface area contributed by atoms with Gasteiger partial charge in [-0.15, -0.1) is 0 Å². The molecule has 1 N–H and O–H groups in total. The number of hydrogen-bond acceptors (Lipinski definition) is 2. The fraction of sp³-hybridized carbons (Fsp3) is 0.571. The van der Waals surface area contributed by atoms with E-state index in [-0.39, 0.29) is 0 Å². The normalized spacial score (nSPS) is 18.3. The molecule has 2 rings (SSSR count). The van der Waals surface area contributed by atoms with Gasteiger partial charge in [0.1, 0.15) is 0 Å². The zero-order valence-corrected chi connectivity index (χ0v) is 12.4. The Balaban J connectivity index is 1.93. The first kappa shape index (κ1) is 14.0. The molecule has 1 saturated heterocycles. The van der Waals surface area contributed by atoms with Crippen LogP contribution >= 0.6 is 23.2 Å². The van der Waals surface area contributed by atoms with Crippen molar-refractivity contribution in [2.75, 3.05) is 18.4 Å². The van der Waals surface area contributed by atoms with Crippen LogP contribution in [0.2, 0.25) is 10.0 Å². The van der Waals surface area contributed by atoms with Crippen molar-refractivity contribution in [2.45, 2.75) is 38.8 Å². The molecule has 0 spiro atoms. The van der Waals surface area contributed by atoms with Crippen molar-refractivity contribution in [3.8, 4) is 0 Å². The van der Waals surface area contributed by atoms with E-state index in [2.05, 4.69) is 24.1 Å². The second-order valence-electron chi connectivity index (χ2n) is 5.17. The molecule has 1 aromatic carbocycles. The molecule has 1 fully saturated rings. The molecular weight excluding hydrogens is 267 g/mol. The summed E-state index contributed by atoms with van der Waals surface area (Å²) in [7, 11) is 0. The molecule has 1 heterocycles. The second-order valence-corrected chi connectivity index (χ2v) is 6.02. The van der Waals surface area contributed by atoms with E-state index in [0.29, 0.717) is 12.1 Å². The highest BCUT2D eigenvalue weighted by Gasteiger charge is 2.21. The quantitative estimate of drug-likeness (QED) is 0.892. The Morgan fingerprint density at radius 2 is 1.89 bits per heavy atom. The van der Waals surface area contributed by atoms with Crippen LogP contribution in [-0.4, -0.2) is 30.1 Å². The molecule has 2 nitrogen and oxygen atoms in total. The third kappa shape index (κ3) is 3.53. The molecule has 1 aromatic rings. The van der Waals surface area contributed by atoms with Crippen molar-refractivity contribution < 1.29 is 0 Å². The molecule has 100 valence electrons. The van der Waals surface area contributed by atoms with Gasteiger partial charge < -0.3 is 10.2 Å². The van der Waals surface area contributed by atoms with Crippen LogP contribution in [-0.2, 0) is 0 Å². The third-order valence-electron chi connectivity index (χ3n) is 3.55. The van der Waals surface area contributed by atoms with Gasteiger partial charge in [-0.05, 0) is 44.9 Å². The largest absolute Gasteiger partial charge is 0.381 e. The molecular formula is C14H20Cl2N2. The maximum atomic E-state index is 6.16. The summed E-state index contributed by atoms with van der Waals surface area (Å²) in [5, 5.41) is 4.97. The van der Waals surface area contributed by atoms with E-state index >= 15 is 0 Å². The van der Waals surface area contributed by atoms with Crippen molar-refractivity contribution in [1.29, 1.82) is 0 Å². The first-order valence-corrected chi connectivity index (χ1v) is 7.27. The van der Waals surface area contributed by atoms with Gasteiger partial charge in [0.15, 0.2) is 0 Å². The van der Waals surface area contributed by atoms with Gasteiger partial charge in [-0.3, -0.25) is 0 Å². The van der Waals surface area contributed by atoms with Crippen molar-refractivity contribution in [2.24, 2.45) is 0 Å². The van der Waals surface area contributed by atoms with Gasteiger partial charge in [-0.2, -0.15) is 0 Å². The molecule has 0 atom stereocenters. The minimum atomic E-state index is 0.496. The van der Waals surface area contributed by atoms with Crippen LogP contribution in [0, 0.1) is 0 Å². The third-order valence-corrected chi connectivity index (χ3v) is 4.11. The second kappa shape index (κ2) is 6.14. The molecule has 1 aliphatic heterocycles. The summed E-state index contributed by atoms with van der Waals surface area (Å²) in [6.45, 7) is 6.80. The molecule has 0 amide bonds. The van der Waals surface area contributed by atoms with E-state index < -0.39 is 0 Å². The van der Waals surface area contributed by atoms with Crippen LogP contribution in [0.1, 0.15) is 26.7 Å². The molecule has 0 saturated carbocycles. The molecule has 0 bridgehead atoms. The zero-order valence-electron chi connectivity index (χ0n) is 10.9. The average molecular weight is 287 g/mol. The fourth-order valence-electron chi connectivity index (χ4n) is 2.39. The van der Waals surface area contributed by atoms with Gasteiger partial charge in [0, 0.05) is 30.2 Å². The van der Waals surface area contributed by atoms with Crippen LogP contribution in [0.3, 0.4) is 0 Å². The van der Waals surface area contributed by atoms with Crippen LogP contribution < -0.4 is 5.32 Å². The van der Waals surface area contributed by atoms with E-state index in [0.717, 1.165) is 41.7 Å². The highest BCUT2D eigenvalue weighted by Crippen LogP contribution is 2.27. The summed E-state index contributed by atoms with van der Waals surface area (Å²) in [6.07, 6.45) is 2.31. The lowest BCUT2D eigenvalue weighted by Gasteiger charge is -2.35. The molecule has 0 aliphatic carbocycles. The Hall–Kier alpha value is -0.440. The Bertz CT molecular complexity index is 399. The van der Waals surface area contributed by atoms with Crippen molar-refractivity contribution >= 4 is 28.9 Å². The number of anilines is 1. The van der Waals surface area contributed by atoms with Crippen molar-refractivity contribution in [1.82, 2.24) is 4.90 Å². The van der Waals surface area contributed by atoms with Gasteiger partial charge in [-0.25, -0.2) is 0 Å². The number of nitrogens with zero attached hydrogens (tertiary/aromatic N) is 1. The Labute approximate surface area is 119 Å². The monoisotopic (exact) mass is 286 g/mol. The summed E-state index contributed by atoms with van der Waals surface area (Å²) in [5.41, 5.74) is 0.951. The Morgan fingerprint density at radius 1 is 1.22 bits per heavy atom. The smallest absolute Gasteiger partial charge is 0.0638 e. The van der Waals surface area contributed by atoms with Crippen molar-refractivity contribution in [3.63, 3.8) is 0 Å². The lowest BCUT2D eigenvalue weighted by molar-refractivity contribution is 0.177. The molecule has 4 heteroatoms. The maximum Gasteiger partial charge on any atom is 0.0638 e. The minimum Gasteiger partial charge on any atom is -0.381 e. The molecule has 0 aromatic heterocycles. The van der Waals surface area contributed by atoms with Gasteiger partial charge >= 0.3 is 0 Å². The average Bonchev–Trinajstić information content (AvgIpc) is 2.34. The SMILES string of the molecule is CC(C)N1CCC(Nc2cc(Cl)ccc2Cl)CC1. The minimum absolute atomic E-state index is 0.496. The van der Waals surface area contributed by atoms with Crippen molar-refractivity contribution in [3.05, 3.63) is 28.2 Å². The van der Waals surface area contributed by atoms with Gasteiger partial charge in [0.05, 0.1) is 10.7 Å². The number of benzene rings is 1. The van der Waals surface area contributed by atoms with E-state index in [1.54, 1.807) is 0 Å². The Morgan fingerprint density at radius 3 is 2.50 bits per heavy atom. The lowest BCUT2D eigenvalue weighted by atomic mass is 10.0. The van der Waals surface area contributed by atoms with Crippen LogP contribution in [0.5, 0.6) is 0 Å². The van der Waals surface area contributed by atoms with Crippen LogP contribution in [0.25, 0.3) is 0 Å². The highest BCUT2D eigenvalue weighted by atomic mass is 35.5. The van der Waals surface area contributed by atoms with E-state index in [1.165, 1.54) is 0 Å². The van der Waals surface area contributed by atoms with Crippen LogP contribution in [0.4, 0.5) is 5.69 Å². The van der Waals surface area contributed by atoms with E-state index in [1.807, 2.05) is 18.2 Å². The molecule has 1 aliphatic rings. The number of hydrogen-bond donors (Lipinski definition) is 1. The molecule has 0 radical (unpaired) electrons. The summed E-state index contributed by atoms with van der Waals surface area (Å²) >= 11 is 12.2. The number of piperidine rings is 1. The standard InChI is InChI=1S/C14H20Cl2N2/c1-10(2)18-7-5-12(6-8-18)17-14-9-11(15)3-4-13(14)16/h3-4,9-10,12,17H,5-8H2,1-2H3. The van der Waals surface area contributed by atoms with Gasteiger partial charge in [0.25, 0.3) is 0 Å².